The van der Waals surface area contributed by atoms with Gasteiger partial charge in [-0.05, 0) is 30.2 Å². The van der Waals surface area contributed by atoms with E-state index in [9.17, 15) is 18.5 Å². The lowest BCUT2D eigenvalue weighted by atomic mass is 9.97. The fourth-order valence-corrected chi connectivity index (χ4v) is 4.76. The number of hydrogen-bond acceptors (Lipinski definition) is 6. The molecule has 1 atom stereocenters. The van der Waals surface area contributed by atoms with Crippen molar-refractivity contribution in [2.75, 3.05) is 12.3 Å². The van der Waals surface area contributed by atoms with Crippen LogP contribution in [0.15, 0.2) is 58.6 Å². The number of fused-ring (bicyclic) bond motifs is 1. The number of ketones is 1. The molecule has 0 aliphatic carbocycles. The van der Waals surface area contributed by atoms with E-state index in [0.29, 0.717) is 28.3 Å². The minimum absolute atomic E-state index is 0.0800. The van der Waals surface area contributed by atoms with Gasteiger partial charge in [0.2, 0.25) is 10.0 Å². The largest absolute Gasteiger partial charge is 0.333 e. The molecule has 30 heavy (non-hydrogen) atoms. The number of rotatable bonds is 10. The second-order valence-corrected chi connectivity index (χ2v) is 9.43. The van der Waals surface area contributed by atoms with Crippen molar-refractivity contribution in [2.45, 2.75) is 35.7 Å². The molecule has 0 spiro atoms. The Morgan fingerprint density at radius 3 is 2.73 bits per heavy atom. The average molecular weight is 443 g/mol. The van der Waals surface area contributed by atoms with E-state index in [4.69, 9.17) is 0 Å². The Bertz CT molecular complexity index is 1170. The molecule has 0 bridgehead atoms. The first-order valence-corrected chi connectivity index (χ1v) is 12.0. The zero-order chi connectivity index (χ0) is 21.6. The molecule has 3 aromatic rings. The molecule has 0 aliphatic rings. The highest BCUT2D eigenvalue weighted by molar-refractivity contribution is 7.99. The van der Waals surface area contributed by atoms with Crippen LogP contribution in [-0.2, 0) is 14.8 Å². The highest BCUT2D eigenvalue weighted by Crippen LogP contribution is 2.24. The van der Waals surface area contributed by atoms with Crippen LogP contribution in [0.5, 0.6) is 0 Å². The van der Waals surface area contributed by atoms with Gasteiger partial charge in [0.05, 0.1) is 27.8 Å². The molecule has 0 saturated heterocycles. The minimum atomic E-state index is -3.58. The van der Waals surface area contributed by atoms with Gasteiger partial charge in [-0.1, -0.05) is 55.4 Å². The average Bonchev–Trinajstić information content (AvgIpc) is 3.16. The number of sulfonamides is 1. The van der Waals surface area contributed by atoms with E-state index in [1.165, 1.54) is 23.9 Å². The van der Waals surface area contributed by atoms with Crippen LogP contribution >= 0.6 is 11.8 Å². The summed E-state index contributed by atoms with van der Waals surface area (Å²) in [7, 11) is -3.58. The lowest BCUT2D eigenvalue weighted by Gasteiger charge is -2.07. The molecule has 0 amide bonds. The number of hydrogen-bond donors (Lipinski definition) is 2. The second-order valence-electron chi connectivity index (χ2n) is 6.70. The molecule has 156 valence electrons. The molecule has 0 radical (unpaired) electrons. The van der Waals surface area contributed by atoms with Crippen molar-refractivity contribution in [2.24, 2.45) is 0 Å². The summed E-state index contributed by atoms with van der Waals surface area (Å²) in [5, 5.41) is 9.88. The third kappa shape index (κ3) is 5.27. The summed E-state index contributed by atoms with van der Waals surface area (Å²) in [6, 6.07) is 15.7. The van der Waals surface area contributed by atoms with Gasteiger partial charge in [-0.2, -0.15) is 5.26 Å². The van der Waals surface area contributed by atoms with Gasteiger partial charge in [0.25, 0.3) is 0 Å². The Kier molecular flexibility index (Phi) is 7.26. The minimum Gasteiger partial charge on any atom is -0.333 e. The lowest BCUT2D eigenvalue weighted by Crippen LogP contribution is -2.24. The van der Waals surface area contributed by atoms with Crippen LogP contribution in [0.3, 0.4) is 0 Å². The maximum Gasteiger partial charge on any atom is 0.240 e. The first-order chi connectivity index (χ1) is 14.4. The Hall–Kier alpha value is -2.67. The summed E-state index contributed by atoms with van der Waals surface area (Å²) in [4.78, 5) is 20.1. The van der Waals surface area contributed by atoms with Crippen molar-refractivity contribution in [3.63, 3.8) is 0 Å². The molecule has 9 heteroatoms. The van der Waals surface area contributed by atoms with Crippen LogP contribution in [0.25, 0.3) is 11.0 Å². The number of nitrogens with one attached hydrogen (secondary N) is 2. The number of imidazole rings is 1. The number of H-pyrrole nitrogens is 1. The summed E-state index contributed by atoms with van der Waals surface area (Å²) < 4.78 is 27.4. The van der Waals surface area contributed by atoms with Crippen LogP contribution < -0.4 is 4.72 Å². The number of benzene rings is 2. The maximum atomic E-state index is 12.5. The number of aromatic nitrogens is 2. The summed E-state index contributed by atoms with van der Waals surface area (Å²) in [5.74, 6) is -0.956. The molecule has 1 aromatic heterocycles. The predicted octanol–water partition coefficient (Wildman–Crippen LogP) is 3.61. The Morgan fingerprint density at radius 1 is 1.27 bits per heavy atom. The molecule has 1 heterocycles. The molecule has 0 aliphatic heterocycles. The van der Waals surface area contributed by atoms with Gasteiger partial charge in [0.15, 0.2) is 10.9 Å². The number of nitriles is 1. The topological polar surface area (TPSA) is 116 Å². The van der Waals surface area contributed by atoms with Gasteiger partial charge >= 0.3 is 0 Å². The summed E-state index contributed by atoms with van der Waals surface area (Å²) in [5.41, 5.74) is 1.85. The molecule has 0 saturated carbocycles. The van der Waals surface area contributed by atoms with E-state index in [1.54, 1.807) is 30.3 Å². The molecular weight excluding hydrogens is 420 g/mol. The zero-order valence-electron chi connectivity index (χ0n) is 16.5. The van der Waals surface area contributed by atoms with Crippen LogP contribution in [0, 0.1) is 11.3 Å². The van der Waals surface area contributed by atoms with Gasteiger partial charge in [-0.15, -0.1) is 0 Å². The molecule has 7 nitrogen and oxygen atoms in total. The maximum absolute atomic E-state index is 12.5. The number of Topliss-reactive ketones (excluding diaryl/α,β-unsaturated/α-hetero) is 1. The van der Waals surface area contributed by atoms with Crippen LogP contribution in [0.2, 0.25) is 0 Å². The Morgan fingerprint density at radius 2 is 2.03 bits per heavy atom. The molecule has 2 aromatic carbocycles. The van der Waals surface area contributed by atoms with E-state index in [1.807, 2.05) is 13.0 Å². The van der Waals surface area contributed by atoms with Gasteiger partial charge in [0.1, 0.15) is 5.92 Å². The van der Waals surface area contributed by atoms with Crippen molar-refractivity contribution in [1.82, 2.24) is 14.7 Å². The summed E-state index contributed by atoms with van der Waals surface area (Å²) in [6.07, 6.45) is 1.67. The predicted molar refractivity (Wildman–Crippen MR) is 117 cm³/mol. The SMILES string of the molecule is CCCCNS(=O)(=O)c1ccc2nc(SCC(=O)C(C#N)c3ccccc3)[nH]c2c1. The molecule has 1 unspecified atom stereocenters. The first-order valence-electron chi connectivity index (χ1n) is 9.54. The van der Waals surface area contributed by atoms with E-state index in [2.05, 4.69) is 20.8 Å². The highest BCUT2D eigenvalue weighted by Gasteiger charge is 2.21. The van der Waals surface area contributed by atoms with Crippen LogP contribution in [-0.4, -0.2) is 36.5 Å². The summed E-state index contributed by atoms with van der Waals surface area (Å²) in [6.45, 7) is 2.39. The number of carbonyl (C=O) groups is 1. The zero-order valence-corrected chi connectivity index (χ0v) is 18.1. The first kappa shape index (κ1) is 22.0. The van der Waals surface area contributed by atoms with Crippen LogP contribution in [0.1, 0.15) is 31.2 Å². The number of nitrogens with zero attached hydrogens (tertiary/aromatic N) is 2. The van der Waals surface area contributed by atoms with Crippen molar-refractivity contribution in [3.8, 4) is 6.07 Å². The highest BCUT2D eigenvalue weighted by atomic mass is 32.2. The number of thioether (sulfide) groups is 1. The number of aromatic amines is 1. The fraction of sp³-hybridized carbons (Fsp3) is 0.286. The fourth-order valence-electron chi connectivity index (χ4n) is 2.87. The van der Waals surface area contributed by atoms with Gasteiger partial charge in [-0.25, -0.2) is 18.1 Å². The Labute approximate surface area is 180 Å². The molecule has 3 rings (SSSR count). The molecular formula is C21H22N4O3S2. The van der Waals surface area contributed by atoms with Gasteiger partial charge in [0, 0.05) is 6.54 Å². The van der Waals surface area contributed by atoms with Crippen molar-refractivity contribution in [1.29, 1.82) is 5.26 Å². The van der Waals surface area contributed by atoms with Crippen molar-refractivity contribution < 1.29 is 13.2 Å². The van der Waals surface area contributed by atoms with Crippen molar-refractivity contribution >= 4 is 38.6 Å². The van der Waals surface area contributed by atoms with E-state index in [0.717, 1.165) is 12.8 Å². The normalized spacial score (nSPS) is 12.5. The third-order valence-electron chi connectivity index (χ3n) is 4.50. The summed E-state index contributed by atoms with van der Waals surface area (Å²) >= 11 is 1.19. The van der Waals surface area contributed by atoms with E-state index in [-0.39, 0.29) is 16.4 Å². The standard InChI is InChI=1S/C21H22N4O3S2/c1-2-3-11-23-30(27,28)16-9-10-18-19(12-16)25-21(24-18)29-14-20(26)17(13-22)15-7-5-4-6-8-15/h4-10,12,17,23H,2-3,11,14H2,1H3,(H,24,25). The number of unbranched alkanes of at least 4 members (excludes halogenated alkanes) is 1. The molecule has 2 N–H and O–H groups in total. The monoisotopic (exact) mass is 442 g/mol. The van der Waals surface area contributed by atoms with Crippen LogP contribution in [0.4, 0.5) is 0 Å². The third-order valence-corrected chi connectivity index (χ3v) is 6.85. The number of carbonyl (C=O) groups excluding carboxylic acids is 1. The second kappa shape index (κ2) is 9.89. The van der Waals surface area contributed by atoms with Gasteiger partial charge < -0.3 is 4.98 Å². The van der Waals surface area contributed by atoms with E-state index >= 15 is 0 Å². The lowest BCUT2D eigenvalue weighted by molar-refractivity contribution is -0.116. The smallest absolute Gasteiger partial charge is 0.240 e. The molecule has 0 fully saturated rings. The van der Waals surface area contributed by atoms with Crippen molar-refractivity contribution in [3.05, 3.63) is 54.1 Å². The quantitative estimate of drug-likeness (QED) is 0.366. The van der Waals surface area contributed by atoms with E-state index < -0.39 is 15.9 Å². The Balaban J connectivity index is 1.70. The van der Waals surface area contributed by atoms with Gasteiger partial charge in [-0.3, -0.25) is 4.79 Å².